The Morgan fingerprint density at radius 2 is 1.67 bits per heavy atom. The molecule has 0 bridgehead atoms. The van der Waals surface area contributed by atoms with Crippen molar-refractivity contribution < 1.29 is 13.3 Å². The molecule has 0 saturated carbocycles. The van der Waals surface area contributed by atoms with Gasteiger partial charge in [-0.05, 0) is 32.4 Å². The lowest BCUT2D eigenvalue weighted by Gasteiger charge is -2.31. The molecule has 1 unspecified atom stereocenters. The van der Waals surface area contributed by atoms with E-state index in [-0.39, 0.29) is 6.10 Å². The average molecular weight is 278 g/mol. The summed E-state index contributed by atoms with van der Waals surface area (Å²) in [5.41, 5.74) is 11.2. The van der Waals surface area contributed by atoms with Crippen molar-refractivity contribution in [3.8, 4) is 0 Å². The number of nitrogens with two attached hydrogens (primary N) is 2. The summed E-state index contributed by atoms with van der Waals surface area (Å²) in [6, 6.07) is 0.768. The third-order valence-corrected chi connectivity index (χ3v) is 5.93. The third-order valence-electron chi connectivity index (χ3n) is 3.02. The first-order valence-electron chi connectivity index (χ1n) is 6.86. The van der Waals surface area contributed by atoms with Crippen molar-refractivity contribution in [1.29, 1.82) is 0 Å². The largest absolute Gasteiger partial charge is 0.500 e. The van der Waals surface area contributed by atoms with Gasteiger partial charge in [0.1, 0.15) is 0 Å². The monoisotopic (exact) mass is 278 g/mol. The van der Waals surface area contributed by atoms with Crippen LogP contribution in [0.1, 0.15) is 39.0 Å². The molecular weight excluding hydrogens is 248 g/mol. The number of rotatable bonds is 12. The first-order chi connectivity index (χ1) is 8.67. The van der Waals surface area contributed by atoms with Crippen LogP contribution in [0.4, 0.5) is 0 Å². The molecular formula is C12H30N2O3Si. The van der Waals surface area contributed by atoms with E-state index in [9.17, 15) is 0 Å². The predicted octanol–water partition coefficient (Wildman–Crippen LogP) is 1.49. The van der Waals surface area contributed by atoms with E-state index >= 15 is 0 Å². The fourth-order valence-electron chi connectivity index (χ4n) is 1.89. The Kier molecular flexibility index (Phi) is 10.9. The van der Waals surface area contributed by atoms with Crippen molar-refractivity contribution in [1.82, 2.24) is 0 Å². The minimum absolute atomic E-state index is 0.138. The predicted molar refractivity (Wildman–Crippen MR) is 76.3 cm³/mol. The highest BCUT2D eigenvalue weighted by Crippen LogP contribution is 2.21. The van der Waals surface area contributed by atoms with Crippen LogP contribution in [0.3, 0.4) is 0 Å². The Morgan fingerprint density at radius 3 is 2.11 bits per heavy atom. The molecule has 1 atom stereocenters. The van der Waals surface area contributed by atoms with Crippen molar-refractivity contribution >= 4 is 8.80 Å². The van der Waals surface area contributed by atoms with Crippen LogP contribution < -0.4 is 11.5 Å². The first kappa shape index (κ1) is 18.0. The van der Waals surface area contributed by atoms with Gasteiger partial charge in [-0.1, -0.05) is 19.8 Å². The lowest BCUT2D eigenvalue weighted by molar-refractivity contribution is 0.0470. The SMILES string of the molecule is CCCCC(CCN)O[Si](CCCN)(OC)OC. The smallest absolute Gasteiger partial charge is 0.377 e. The van der Waals surface area contributed by atoms with Gasteiger partial charge < -0.3 is 24.7 Å². The number of hydrogen-bond acceptors (Lipinski definition) is 5. The van der Waals surface area contributed by atoms with E-state index in [0.717, 1.165) is 38.1 Å². The van der Waals surface area contributed by atoms with E-state index in [1.165, 1.54) is 0 Å². The summed E-state index contributed by atoms with van der Waals surface area (Å²) in [4.78, 5) is 0. The normalized spacial score (nSPS) is 13.8. The van der Waals surface area contributed by atoms with Gasteiger partial charge in [-0.15, -0.1) is 0 Å². The maximum atomic E-state index is 6.14. The Bertz CT molecular complexity index is 192. The summed E-state index contributed by atoms with van der Waals surface area (Å²) in [5, 5.41) is 0. The highest BCUT2D eigenvalue weighted by Gasteiger charge is 2.40. The fraction of sp³-hybridized carbons (Fsp3) is 1.00. The molecule has 0 amide bonds. The van der Waals surface area contributed by atoms with Gasteiger partial charge in [0, 0.05) is 20.3 Å². The van der Waals surface area contributed by atoms with Crippen LogP contribution in [0.5, 0.6) is 0 Å². The van der Waals surface area contributed by atoms with E-state index in [0.29, 0.717) is 13.1 Å². The second kappa shape index (κ2) is 10.9. The van der Waals surface area contributed by atoms with E-state index in [1.807, 2.05) is 0 Å². The topological polar surface area (TPSA) is 79.7 Å². The highest BCUT2D eigenvalue weighted by atomic mass is 28.4. The molecule has 0 aliphatic carbocycles. The first-order valence-corrected chi connectivity index (χ1v) is 8.79. The standard InChI is InChI=1S/C12H30N2O3Si/c1-4-5-7-12(8-10-14)17-18(15-2,16-3)11-6-9-13/h12H,4-11,13-14H2,1-3H3. The van der Waals surface area contributed by atoms with E-state index < -0.39 is 8.80 Å². The molecule has 0 aliphatic rings. The van der Waals surface area contributed by atoms with Crippen LogP contribution in [0.2, 0.25) is 6.04 Å². The highest BCUT2D eigenvalue weighted by molar-refractivity contribution is 6.60. The molecule has 0 aromatic carbocycles. The van der Waals surface area contributed by atoms with Crippen LogP contribution in [0.25, 0.3) is 0 Å². The van der Waals surface area contributed by atoms with Gasteiger partial charge >= 0.3 is 8.80 Å². The summed E-state index contributed by atoms with van der Waals surface area (Å²) in [5.74, 6) is 0. The van der Waals surface area contributed by atoms with Crippen molar-refractivity contribution in [3.05, 3.63) is 0 Å². The van der Waals surface area contributed by atoms with Crippen LogP contribution in [-0.2, 0) is 13.3 Å². The fourth-order valence-corrected chi connectivity index (χ4v) is 4.16. The molecule has 5 nitrogen and oxygen atoms in total. The Balaban J connectivity index is 4.46. The van der Waals surface area contributed by atoms with Crippen molar-refractivity contribution in [2.45, 2.75) is 51.2 Å². The molecule has 18 heavy (non-hydrogen) atoms. The molecule has 0 radical (unpaired) electrons. The van der Waals surface area contributed by atoms with E-state index in [2.05, 4.69) is 6.92 Å². The Hall–Kier alpha value is 0.0169. The van der Waals surface area contributed by atoms with Gasteiger partial charge in [-0.2, -0.15) is 0 Å². The van der Waals surface area contributed by atoms with Gasteiger partial charge in [-0.25, -0.2) is 0 Å². The van der Waals surface area contributed by atoms with Crippen molar-refractivity contribution in [3.63, 3.8) is 0 Å². The third kappa shape index (κ3) is 6.82. The van der Waals surface area contributed by atoms with E-state index in [4.69, 9.17) is 24.7 Å². The zero-order chi connectivity index (χ0) is 13.9. The average Bonchev–Trinajstić information content (AvgIpc) is 2.41. The maximum Gasteiger partial charge on any atom is 0.500 e. The maximum absolute atomic E-state index is 6.14. The summed E-state index contributed by atoms with van der Waals surface area (Å²) < 4.78 is 17.2. The Labute approximate surface area is 113 Å². The van der Waals surface area contributed by atoms with Gasteiger partial charge in [0.25, 0.3) is 0 Å². The Morgan fingerprint density at radius 1 is 1.00 bits per heavy atom. The molecule has 0 heterocycles. The van der Waals surface area contributed by atoms with Crippen LogP contribution in [0.15, 0.2) is 0 Å². The summed E-state index contributed by atoms with van der Waals surface area (Å²) in [6.07, 6.45) is 5.15. The molecule has 0 aromatic rings. The zero-order valence-corrected chi connectivity index (χ0v) is 13.1. The molecule has 0 aliphatic heterocycles. The van der Waals surface area contributed by atoms with Crippen LogP contribution >= 0.6 is 0 Å². The molecule has 6 heteroatoms. The minimum atomic E-state index is -2.55. The summed E-state index contributed by atoms with van der Waals surface area (Å²) >= 11 is 0. The molecule has 0 saturated heterocycles. The molecule has 0 fully saturated rings. The quantitative estimate of drug-likeness (QED) is 0.529. The summed E-state index contributed by atoms with van der Waals surface area (Å²) in [7, 11) is 0.766. The number of unbranched alkanes of at least 4 members (excludes halogenated alkanes) is 1. The molecule has 110 valence electrons. The molecule has 0 aromatic heterocycles. The minimum Gasteiger partial charge on any atom is -0.377 e. The summed E-state index contributed by atoms with van der Waals surface area (Å²) in [6.45, 7) is 3.43. The van der Waals surface area contributed by atoms with Gasteiger partial charge in [-0.3, -0.25) is 0 Å². The van der Waals surface area contributed by atoms with Crippen molar-refractivity contribution in [2.24, 2.45) is 11.5 Å². The second-order valence-corrected chi connectivity index (χ2v) is 7.36. The zero-order valence-electron chi connectivity index (χ0n) is 12.1. The van der Waals surface area contributed by atoms with Gasteiger partial charge in [0.05, 0.1) is 6.10 Å². The second-order valence-electron chi connectivity index (χ2n) is 4.44. The van der Waals surface area contributed by atoms with Gasteiger partial charge in [0.15, 0.2) is 0 Å². The lowest BCUT2D eigenvalue weighted by atomic mass is 10.1. The van der Waals surface area contributed by atoms with Crippen LogP contribution in [0, 0.1) is 0 Å². The van der Waals surface area contributed by atoms with Gasteiger partial charge in [0.2, 0.25) is 0 Å². The van der Waals surface area contributed by atoms with Crippen LogP contribution in [-0.4, -0.2) is 42.2 Å². The molecule has 4 N–H and O–H groups in total. The molecule has 0 spiro atoms. The van der Waals surface area contributed by atoms with Crippen molar-refractivity contribution in [2.75, 3.05) is 27.3 Å². The van der Waals surface area contributed by atoms with E-state index in [1.54, 1.807) is 14.2 Å². The lowest BCUT2D eigenvalue weighted by Crippen LogP contribution is -2.47. The number of hydrogen-bond donors (Lipinski definition) is 2. The molecule has 0 rings (SSSR count).